The number of rotatable bonds is 11. The normalized spacial score (nSPS) is 23.1. The second-order valence-corrected chi connectivity index (χ2v) is 23.8. The maximum Gasteiger partial charge on any atom is 0.412 e. The lowest BCUT2D eigenvalue weighted by Gasteiger charge is -2.42. The molecule has 0 saturated carbocycles. The van der Waals surface area contributed by atoms with E-state index in [1.807, 2.05) is 50.9 Å². The van der Waals surface area contributed by atoms with E-state index in [0.717, 1.165) is 63.1 Å². The van der Waals surface area contributed by atoms with Gasteiger partial charge in [0.05, 0.1) is 29.5 Å². The first-order valence-electron chi connectivity index (χ1n) is 19.4. The molecular formula is C41H67N3O4SSi. The van der Waals surface area contributed by atoms with Crippen LogP contribution in [-0.2, 0) is 24.7 Å². The Morgan fingerprint density at radius 2 is 1.68 bits per heavy atom. The van der Waals surface area contributed by atoms with Crippen molar-refractivity contribution in [1.29, 1.82) is 0 Å². The summed E-state index contributed by atoms with van der Waals surface area (Å²) in [6.07, 6.45) is 6.28. The molecule has 2 aromatic rings. The number of thiazole rings is 1. The third-order valence-electron chi connectivity index (χ3n) is 12.0. The van der Waals surface area contributed by atoms with Gasteiger partial charge in [0.2, 0.25) is 0 Å². The molecule has 1 aromatic heterocycles. The molecule has 2 atom stereocenters. The summed E-state index contributed by atoms with van der Waals surface area (Å²) < 4.78 is 19.2. The number of benzene rings is 1. The fourth-order valence-corrected chi connectivity index (χ4v) is 11.0. The van der Waals surface area contributed by atoms with Gasteiger partial charge in [-0.3, -0.25) is 4.90 Å². The Labute approximate surface area is 309 Å². The second kappa shape index (κ2) is 14.9. The van der Waals surface area contributed by atoms with Gasteiger partial charge in [-0.1, -0.05) is 53.7 Å². The van der Waals surface area contributed by atoms with Crippen LogP contribution in [0.2, 0.25) is 18.6 Å². The van der Waals surface area contributed by atoms with Crippen LogP contribution in [0.25, 0.3) is 11.3 Å². The van der Waals surface area contributed by atoms with Gasteiger partial charge in [0.15, 0.2) is 8.32 Å². The molecule has 9 heteroatoms. The molecule has 3 aliphatic rings. The van der Waals surface area contributed by atoms with Crippen LogP contribution >= 0.6 is 11.3 Å². The first-order valence-corrected chi connectivity index (χ1v) is 23.1. The zero-order valence-electron chi connectivity index (χ0n) is 33.4. The van der Waals surface area contributed by atoms with E-state index in [2.05, 4.69) is 76.6 Å². The van der Waals surface area contributed by atoms with Gasteiger partial charge in [-0.05, 0) is 139 Å². The van der Waals surface area contributed by atoms with E-state index < -0.39 is 19.6 Å². The highest BCUT2D eigenvalue weighted by molar-refractivity contribution is 7.10. The molecule has 2 fully saturated rings. The first-order chi connectivity index (χ1) is 23.3. The van der Waals surface area contributed by atoms with Gasteiger partial charge >= 0.3 is 6.09 Å². The molecule has 1 aliphatic carbocycles. The van der Waals surface area contributed by atoms with Crippen LogP contribution in [0.4, 0.5) is 4.79 Å². The highest BCUT2D eigenvalue weighted by atomic mass is 32.1. The molecule has 1 amide bonds. The quantitative estimate of drug-likeness (QED) is 0.215. The minimum Gasteiger partial charge on any atom is -0.444 e. The minimum atomic E-state index is -1.92. The first kappa shape index (κ1) is 39.4. The van der Waals surface area contributed by atoms with E-state index >= 15 is 0 Å². The molecule has 7 nitrogen and oxygen atoms in total. The smallest absolute Gasteiger partial charge is 0.412 e. The summed E-state index contributed by atoms with van der Waals surface area (Å²) in [5, 5.41) is 3.57. The summed E-state index contributed by atoms with van der Waals surface area (Å²) in [5.74, 6) is 0.523. The number of nitrogens with zero attached hydrogens (tertiary/aromatic N) is 3. The van der Waals surface area contributed by atoms with Crippen molar-refractivity contribution >= 4 is 25.7 Å². The van der Waals surface area contributed by atoms with E-state index in [0.29, 0.717) is 12.5 Å². The molecule has 2 aliphatic heterocycles. The molecule has 2 unspecified atom stereocenters. The zero-order chi connectivity index (χ0) is 36.7. The summed E-state index contributed by atoms with van der Waals surface area (Å²) in [5.41, 5.74) is 4.52. The van der Waals surface area contributed by atoms with Crippen LogP contribution in [-0.4, -0.2) is 78.9 Å². The topological polar surface area (TPSA) is 64.1 Å². The van der Waals surface area contributed by atoms with Crippen LogP contribution in [0.5, 0.6) is 0 Å². The number of hydrogen-bond donors (Lipinski definition) is 0. The third kappa shape index (κ3) is 8.87. The van der Waals surface area contributed by atoms with Gasteiger partial charge in [0.1, 0.15) is 11.3 Å². The largest absolute Gasteiger partial charge is 0.444 e. The Bertz CT molecular complexity index is 1470. The van der Waals surface area contributed by atoms with Crippen molar-refractivity contribution in [2.75, 3.05) is 26.2 Å². The van der Waals surface area contributed by atoms with E-state index in [1.54, 1.807) is 0 Å². The van der Waals surface area contributed by atoms with Gasteiger partial charge in [-0.15, -0.1) is 11.3 Å². The number of amides is 1. The molecule has 0 bridgehead atoms. The van der Waals surface area contributed by atoms with Gasteiger partial charge < -0.3 is 18.8 Å². The Kier molecular flexibility index (Phi) is 11.8. The summed E-state index contributed by atoms with van der Waals surface area (Å²) in [6, 6.07) is 9.06. The standard InChI is InChI=1S/C41H67N3O4SSi/c1-13-50(12,14-2)48-35(34-27-46-41(10,11)44(34)37(45)47-38(3,4)5)16-15-23-43-24-19-29(20-25-43)36-42-33(28-49-36)30-17-18-31-32(26-30)40(8,9)22-21-39(31,6)7/h17-18,26,28-29,34-35H,13-16,19-25,27H2,1-12H3. The predicted octanol–water partition coefficient (Wildman–Crippen LogP) is 10.5. The van der Waals surface area contributed by atoms with Gasteiger partial charge in [-0.25, -0.2) is 9.78 Å². The van der Waals surface area contributed by atoms with Crippen molar-refractivity contribution in [3.8, 4) is 11.3 Å². The van der Waals surface area contributed by atoms with Crippen LogP contribution in [0, 0.1) is 0 Å². The lowest BCUT2D eigenvalue weighted by molar-refractivity contribution is -0.0674. The lowest BCUT2D eigenvalue weighted by Crippen LogP contribution is -2.55. The maximum atomic E-state index is 13.5. The number of carbonyl (C=O) groups is 1. The molecular weight excluding hydrogens is 659 g/mol. The number of likely N-dealkylation sites (tertiary alicyclic amines) is 1. The monoisotopic (exact) mass is 725 g/mol. The molecule has 0 N–H and O–H groups in total. The molecule has 0 radical (unpaired) electrons. The van der Waals surface area contributed by atoms with E-state index in [4.69, 9.17) is 18.9 Å². The minimum absolute atomic E-state index is 0.0765. The van der Waals surface area contributed by atoms with Gasteiger partial charge in [-0.2, -0.15) is 0 Å². The van der Waals surface area contributed by atoms with E-state index in [-0.39, 0.29) is 29.1 Å². The van der Waals surface area contributed by atoms with Crippen molar-refractivity contribution in [2.24, 2.45) is 0 Å². The highest BCUT2D eigenvalue weighted by Gasteiger charge is 2.50. The maximum absolute atomic E-state index is 13.5. The number of aromatic nitrogens is 1. The SMILES string of the molecule is CC[Si](C)(CC)OC(CCCN1CCC(c2nc(-c3ccc4c(c3)C(C)(C)CCC4(C)C)cs2)CC1)C1COC(C)(C)N1C(=O)OC(C)(C)C. The summed E-state index contributed by atoms with van der Waals surface area (Å²) in [6.45, 7) is 29.8. The van der Waals surface area contributed by atoms with Gasteiger partial charge in [0.25, 0.3) is 0 Å². The average Bonchev–Trinajstić information content (AvgIpc) is 3.66. The molecule has 5 rings (SSSR count). The average molecular weight is 726 g/mol. The number of hydrogen-bond acceptors (Lipinski definition) is 7. The Hall–Kier alpha value is -1.78. The molecule has 1 aromatic carbocycles. The molecule has 50 heavy (non-hydrogen) atoms. The molecule has 2 saturated heterocycles. The number of carbonyl (C=O) groups excluding carboxylic acids is 1. The van der Waals surface area contributed by atoms with Crippen molar-refractivity contribution in [3.63, 3.8) is 0 Å². The Morgan fingerprint density at radius 1 is 1.04 bits per heavy atom. The highest BCUT2D eigenvalue weighted by Crippen LogP contribution is 2.47. The number of fused-ring (bicyclic) bond motifs is 1. The second-order valence-electron chi connectivity index (χ2n) is 18.3. The Balaban J connectivity index is 1.20. The fourth-order valence-electron chi connectivity index (χ4n) is 8.16. The van der Waals surface area contributed by atoms with Crippen molar-refractivity contribution < 1.29 is 18.7 Å². The van der Waals surface area contributed by atoms with Crippen molar-refractivity contribution in [1.82, 2.24) is 14.8 Å². The van der Waals surface area contributed by atoms with Crippen LogP contribution < -0.4 is 0 Å². The van der Waals surface area contributed by atoms with Gasteiger partial charge in [0, 0.05) is 16.9 Å². The van der Waals surface area contributed by atoms with Crippen molar-refractivity contribution in [2.45, 2.75) is 174 Å². The van der Waals surface area contributed by atoms with E-state index in [1.165, 1.54) is 34.5 Å². The molecule has 280 valence electrons. The predicted molar refractivity (Wildman–Crippen MR) is 210 cm³/mol. The summed E-state index contributed by atoms with van der Waals surface area (Å²) in [4.78, 5) is 23.2. The van der Waals surface area contributed by atoms with Crippen LogP contribution in [0.1, 0.15) is 137 Å². The lowest BCUT2D eigenvalue weighted by atomic mass is 9.63. The zero-order valence-corrected chi connectivity index (χ0v) is 35.2. The van der Waals surface area contributed by atoms with E-state index in [9.17, 15) is 4.79 Å². The number of ether oxygens (including phenoxy) is 2. The third-order valence-corrected chi connectivity index (χ3v) is 16.9. The number of piperidine rings is 1. The van der Waals surface area contributed by atoms with Crippen molar-refractivity contribution in [3.05, 3.63) is 39.7 Å². The van der Waals surface area contributed by atoms with Crippen LogP contribution in [0.15, 0.2) is 23.6 Å². The molecule has 3 heterocycles. The Morgan fingerprint density at radius 3 is 2.30 bits per heavy atom. The summed E-state index contributed by atoms with van der Waals surface area (Å²) >= 11 is 1.84. The fraction of sp³-hybridized carbons (Fsp3) is 0.756. The summed E-state index contributed by atoms with van der Waals surface area (Å²) in [7, 11) is -1.92. The molecule has 0 spiro atoms. The van der Waals surface area contributed by atoms with Crippen LogP contribution in [0.3, 0.4) is 0 Å².